The van der Waals surface area contributed by atoms with E-state index >= 15 is 0 Å². The number of nitrogens with one attached hydrogen (secondary N) is 1. The number of carboxylic acids is 1. The molecule has 0 radical (unpaired) electrons. The maximum atomic E-state index is 11.3. The highest BCUT2D eigenvalue weighted by atomic mass is 16.4. The third-order valence-corrected chi connectivity index (χ3v) is 2.09. The summed E-state index contributed by atoms with van der Waals surface area (Å²) in [5.74, 6) is -1.84. The van der Waals surface area contributed by atoms with Gasteiger partial charge in [0.05, 0.1) is 5.56 Å². The topological polar surface area (TPSA) is 86.6 Å². The zero-order valence-electron chi connectivity index (χ0n) is 8.37. The smallest absolute Gasteiger partial charge is 0.336 e. The highest BCUT2D eigenvalue weighted by Gasteiger charge is 2.16. The number of amides is 1. The zero-order valence-corrected chi connectivity index (χ0v) is 8.37. The quantitative estimate of drug-likeness (QED) is 0.671. The normalized spacial score (nSPS) is 9.73. The summed E-state index contributed by atoms with van der Waals surface area (Å²) >= 11 is 0. The molecule has 5 heteroatoms. The molecule has 0 aliphatic rings. The van der Waals surface area contributed by atoms with Gasteiger partial charge in [0.1, 0.15) is 5.75 Å². The molecule has 15 heavy (non-hydrogen) atoms. The number of phenolic OH excluding ortho intramolecular Hbond substituents is 1. The number of aromatic hydroxyl groups is 1. The Labute approximate surface area is 86.4 Å². The van der Waals surface area contributed by atoms with Crippen LogP contribution in [0.25, 0.3) is 0 Å². The van der Waals surface area contributed by atoms with Crippen molar-refractivity contribution in [2.75, 3.05) is 7.05 Å². The first-order valence-electron chi connectivity index (χ1n) is 4.26. The minimum atomic E-state index is -1.17. The molecule has 80 valence electrons. The van der Waals surface area contributed by atoms with Gasteiger partial charge in [0.2, 0.25) is 0 Å². The van der Waals surface area contributed by atoms with E-state index in [-0.39, 0.29) is 16.9 Å². The summed E-state index contributed by atoms with van der Waals surface area (Å²) in [6.45, 7) is 1.52. The molecule has 0 spiro atoms. The maximum Gasteiger partial charge on any atom is 0.336 e. The van der Waals surface area contributed by atoms with E-state index in [9.17, 15) is 14.7 Å². The lowest BCUT2D eigenvalue weighted by molar-refractivity contribution is 0.0695. The van der Waals surface area contributed by atoms with Crippen LogP contribution in [0, 0.1) is 6.92 Å². The molecular formula is C10H11NO4. The Morgan fingerprint density at radius 1 is 1.27 bits per heavy atom. The van der Waals surface area contributed by atoms with Crippen molar-refractivity contribution in [3.05, 3.63) is 28.8 Å². The predicted octanol–water partition coefficient (Wildman–Crippen LogP) is 0.758. The molecule has 0 aliphatic heterocycles. The van der Waals surface area contributed by atoms with E-state index in [2.05, 4.69) is 5.32 Å². The van der Waals surface area contributed by atoms with Crippen molar-refractivity contribution >= 4 is 11.9 Å². The van der Waals surface area contributed by atoms with Crippen molar-refractivity contribution in [2.45, 2.75) is 6.92 Å². The lowest BCUT2D eigenvalue weighted by Gasteiger charge is -2.08. The summed E-state index contributed by atoms with van der Waals surface area (Å²) in [5.41, 5.74) is 0.420. The van der Waals surface area contributed by atoms with Gasteiger partial charge >= 0.3 is 5.97 Å². The van der Waals surface area contributed by atoms with Crippen LogP contribution in [0.1, 0.15) is 26.3 Å². The number of phenols is 1. The summed E-state index contributed by atoms with van der Waals surface area (Å²) in [7, 11) is 1.44. The van der Waals surface area contributed by atoms with E-state index in [1.165, 1.54) is 20.0 Å². The monoisotopic (exact) mass is 209 g/mol. The molecule has 0 saturated heterocycles. The van der Waals surface area contributed by atoms with Crippen molar-refractivity contribution in [2.24, 2.45) is 0 Å². The van der Waals surface area contributed by atoms with Crippen LogP contribution in [0.4, 0.5) is 0 Å². The van der Waals surface area contributed by atoms with Crippen molar-refractivity contribution in [3.8, 4) is 5.75 Å². The van der Waals surface area contributed by atoms with E-state index in [1.807, 2.05) is 0 Å². The Hall–Kier alpha value is -2.04. The molecule has 0 unspecified atom stereocenters. The Bertz CT molecular complexity index is 426. The van der Waals surface area contributed by atoms with E-state index in [0.717, 1.165) is 6.07 Å². The molecule has 1 rings (SSSR count). The van der Waals surface area contributed by atoms with Crippen LogP contribution < -0.4 is 5.32 Å². The molecule has 0 aromatic heterocycles. The van der Waals surface area contributed by atoms with Crippen LogP contribution in [0.2, 0.25) is 0 Å². The number of hydrogen-bond donors (Lipinski definition) is 3. The summed E-state index contributed by atoms with van der Waals surface area (Å²) in [5, 5.41) is 20.5. The number of benzene rings is 1. The molecule has 5 nitrogen and oxygen atoms in total. The van der Waals surface area contributed by atoms with Crippen LogP contribution in [0.3, 0.4) is 0 Å². The molecule has 3 N–H and O–H groups in total. The average Bonchev–Trinajstić information content (AvgIpc) is 2.19. The number of rotatable bonds is 2. The third kappa shape index (κ3) is 2.07. The summed E-state index contributed by atoms with van der Waals surface area (Å²) in [6.07, 6.45) is 0. The molecule has 1 amide bonds. The van der Waals surface area contributed by atoms with E-state index in [1.54, 1.807) is 0 Å². The molecule has 0 atom stereocenters. The molecule has 0 heterocycles. The molecular weight excluding hydrogens is 198 g/mol. The van der Waals surface area contributed by atoms with Crippen molar-refractivity contribution in [3.63, 3.8) is 0 Å². The van der Waals surface area contributed by atoms with Crippen LogP contribution in [-0.2, 0) is 0 Å². The Kier molecular flexibility index (Phi) is 2.94. The van der Waals surface area contributed by atoms with Crippen LogP contribution in [-0.4, -0.2) is 29.1 Å². The minimum Gasteiger partial charge on any atom is -0.508 e. The maximum absolute atomic E-state index is 11.3. The molecule has 0 saturated carbocycles. The largest absolute Gasteiger partial charge is 0.508 e. The molecule has 0 fully saturated rings. The zero-order chi connectivity index (χ0) is 11.6. The predicted molar refractivity (Wildman–Crippen MR) is 53.2 cm³/mol. The number of carbonyl (C=O) groups is 2. The van der Waals surface area contributed by atoms with Gasteiger partial charge in [-0.1, -0.05) is 0 Å². The summed E-state index contributed by atoms with van der Waals surface area (Å²) in [6, 6.07) is 2.35. The van der Waals surface area contributed by atoms with Crippen molar-refractivity contribution < 1.29 is 19.8 Å². The van der Waals surface area contributed by atoms with Gasteiger partial charge in [-0.25, -0.2) is 4.79 Å². The van der Waals surface area contributed by atoms with Gasteiger partial charge in [-0.05, 0) is 24.6 Å². The highest BCUT2D eigenvalue weighted by molar-refractivity contribution is 6.00. The number of carbonyl (C=O) groups excluding carboxylic acids is 1. The van der Waals surface area contributed by atoms with Gasteiger partial charge in [0.25, 0.3) is 5.91 Å². The molecule has 0 aliphatic carbocycles. The summed E-state index contributed by atoms with van der Waals surface area (Å²) in [4.78, 5) is 22.1. The van der Waals surface area contributed by atoms with Gasteiger partial charge < -0.3 is 15.5 Å². The number of aromatic carboxylic acids is 1. The first-order chi connectivity index (χ1) is 6.97. The SMILES string of the molecule is CNC(=O)c1cc(O)cc(C(=O)O)c1C. The molecule has 0 bridgehead atoms. The van der Waals surface area contributed by atoms with Crippen LogP contribution in [0.15, 0.2) is 12.1 Å². The average molecular weight is 209 g/mol. The van der Waals surface area contributed by atoms with E-state index in [0.29, 0.717) is 5.56 Å². The minimum absolute atomic E-state index is 0.0754. The van der Waals surface area contributed by atoms with Crippen LogP contribution in [0.5, 0.6) is 5.75 Å². The Morgan fingerprint density at radius 3 is 2.27 bits per heavy atom. The fraction of sp³-hybridized carbons (Fsp3) is 0.200. The van der Waals surface area contributed by atoms with Crippen molar-refractivity contribution in [1.82, 2.24) is 5.32 Å². The second kappa shape index (κ2) is 4.00. The number of hydrogen-bond acceptors (Lipinski definition) is 3. The fourth-order valence-electron chi connectivity index (χ4n) is 1.29. The van der Waals surface area contributed by atoms with Gasteiger partial charge in [0.15, 0.2) is 0 Å². The first kappa shape index (κ1) is 11.0. The fourth-order valence-corrected chi connectivity index (χ4v) is 1.29. The molecule has 1 aromatic rings. The lowest BCUT2D eigenvalue weighted by Crippen LogP contribution is -2.20. The standard InChI is InChI=1S/C10H11NO4/c1-5-7(9(13)11-2)3-6(12)4-8(5)10(14)15/h3-4,12H,1-2H3,(H,11,13)(H,14,15). The highest BCUT2D eigenvalue weighted by Crippen LogP contribution is 2.21. The van der Waals surface area contributed by atoms with E-state index in [4.69, 9.17) is 5.11 Å². The Morgan fingerprint density at radius 2 is 1.80 bits per heavy atom. The lowest BCUT2D eigenvalue weighted by atomic mass is 10.0. The first-order valence-corrected chi connectivity index (χ1v) is 4.26. The Balaban J connectivity index is 3.41. The third-order valence-electron chi connectivity index (χ3n) is 2.09. The van der Waals surface area contributed by atoms with Crippen molar-refractivity contribution in [1.29, 1.82) is 0 Å². The van der Waals surface area contributed by atoms with Gasteiger partial charge in [0, 0.05) is 12.6 Å². The summed E-state index contributed by atoms with van der Waals surface area (Å²) < 4.78 is 0. The molecule has 1 aromatic carbocycles. The van der Waals surface area contributed by atoms with Crippen LogP contribution >= 0.6 is 0 Å². The van der Waals surface area contributed by atoms with Gasteiger partial charge in [-0.15, -0.1) is 0 Å². The second-order valence-electron chi connectivity index (χ2n) is 3.05. The van der Waals surface area contributed by atoms with Gasteiger partial charge in [-0.3, -0.25) is 4.79 Å². The van der Waals surface area contributed by atoms with Gasteiger partial charge in [-0.2, -0.15) is 0 Å². The second-order valence-corrected chi connectivity index (χ2v) is 3.05. The van der Waals surface area contributed by atoms with E-state index < -0.39 is 11.9 Å². The number of carboxylic acid groups (broad SMARTS) is 1.